The number of hydrogen-bond acceptors (Lipinski definition) is 4. The van der Waals surface area contributed by atoms with Gasteiger partial charge in [-0.3, -0.25) is 9.89 Å². The van der Waals surface area contributed by atoms with E-state index in [1.54, 1.807) is 0 Å². The van der Waals surface area contributed by atoms with Gasteiger partial charge in [0.15, 0.2) is 5.96 Å². The molecule has 0 amide bonds. The monoisotopic (exact) mass is 556 g/mol. The first-order chi connectivity index (χ1) is 15.3. The number of guanidine groups is 1. The molecule has 180 valence electrons. The average Bonchev–Trinajstić information content (AvgIpc) is 3.02. The van der Waals surface area contributed by atoms with Crippen LogP contribution in [-0.4, -0.2) is 68.0 Å². The van der Waals surface area contributed by atoms with Gasteiger partial charge in [0.1, 0.15) is 0 Å². The second-order valence-corrected chi connectivity index (χ2v) is 9.15. The molecule has 0 saturated carbocycles. The normalized spacial score (nSPS) is 26.5. The second kappa shape index (κ2) is 13.7. The maximum absolute atomic E-state index is 5.98. The molecule has 0 radical (unpaired) electrons. The summed E-state index contributed by atoms with van der Waals surface area (Å²) in [6.45, 7) is 7.38. The molecule has 3 saturated heterocycles. The number of rotatable bonds is 9. The lowest BCUT2D eigenvalue weighted by molar-refractivity contribution is -0.0318. The highest BCUT2D eigenvalue weighted by Crippen LogP contribution is 2.36. The maximum Gasteiger partial charge on any atom is 0.191 e. The van der Waals surface area contributed by atoms with E-state index in [9.17, 15) is 0 Å². The Morgan fingerprint density at radius 2 is 1.81 bits per heavy atom. The van der Waals surface area contributed by atoms with Gasteiger partial charge in [0.05, 0.1) is 6.10 Å². The smallest absolute Gasteiger partial charge is 0.191 e. The predicted molar refractivity (Wildman–Crippen MR) is 141 cm³/mol. The Hall–Kier alpha value is -0.900. The standard InChI is InChI=1S/C25H40N4O2.HI/c1-2-26-25(27-13-6-14-31-24-11-15-30-16-12-24)28-21-17-22-9-10-23(18-21)29(22)19-20-7-4-3-5-8-20;/h3-5,7-8,21-24H,2,6,9-19H2,1H3,(H2,26,27,28);1H. The van der Waals surface area contributed by atoms with Gasteiger partial charge in [-0.2, -0.15) is 0 Å². The molecule has 3 aliphatic heterocycles. The molecule has 1 aromatic carbocycles. The molecule has 0 spiro atoms. The summed E-state index contributed by atoms with van der Waals surface area (Å²) < 4.78 is 11.4. The fraction of sp³-hybridized carbons (Fsp3) is 0.720. The van der Waals surface area contributed by atoms with Crippen LogP contribution in [0.15, 0.2) is 35.3 Å². The molecule has 2 N–H and O–H groups in total. The lowest BCUT2D eigenvalue weighted by Gasteiger charge is -2.39. The third-order valence-corrected chi connectivity index (χ3v) is 6.87. The van der Waals surface area contributed by atoms with E-state index in [1.165, 1.54) is 31.2 Å². The minimum atomic E-state index is 0. The van der Waals surface area contributed by atoms with E-state index in [0.29, 0.717) is 24.2 Å². The number of benzene rings is 1. The molecule has 32 heavy (non-hydrogen) atoms. The van der Waals surface area contributed by atoms with Crippen LogP contribution in [0.2, 0.25) is 0 Å². The van der Waals surface area contributed by atoms with Crippen molar-refractivity contribution in [2.45, 2.75) is 82.6 Å². The summed E-state index contributed by atoms with van der Waals surface area (Å²) in [5.41, 5.74) is 1.43. The van der Waals surface area contributed by atoms with E-state index in [2.05, 4.69) is 52.8 Å². The molecular formula is C25H41IN4O2. The van der Waals surface area contributed by atoms with Crippen molar-refractivity contribution in [2.24, 2.45) is 4.99 Å². The molecule has 0 aromatic heterocycles. The molecule has 6 nitrogen and oxygen atoms in total. The summed E-state index contributed by atoms with van der Waals surface area (Å²) in [7, 11) is 0. The molecule has 1 aromatic rings. The Bertz CT molecular complexity index is 670. The fourth-order valence-electron chi connectivity index (χ4n) is 5.31. The average molecular weight is 557 g/mol. The number of halogens is 1. The molecule has 3 heterocycles. The summed E-state index contributed by atoms with van der Waals surface area (Å²) >= 11 is 0. The molecule has 2 atom stereocenters. The van der Waals surface area contributed by atoms with Gasteiger partial charge in [-0.15, -0.1) is 24.0 Å². The zero-order valence-corrected chi connectivity index (χ0v) is 21.8. The number of piperidine rings is 1. The van der Waals surface area contributed by atoms with Gasteiger partial charge in [0.25, 0.3) is 0 Å². The Balaban J connectivity index is 0.00000289. The third kappa shape index (κ3) is 7.57. The van der Waals surface area contributed by atoms with Crippen molar-refractivity contribution in [3.63, 3.8) is 0 Å². The van der Waals surface area contributed by atoms with Gasteiger partial charge in [-0.25, -0.2) is 0 Å². The SMILES string of the molecule is CCNC(=NCCCOC1CCOCC1)NC1CC2CCC(C1)N2Cc1ccccc1.I. The molecule has 3 aliphatic rings. The van der Waals surface area contributed by atoms with Gasteiger partial charge in [-0.1, -0.05) is 30.3 Å². The quantitative estimate of drug-likeness (QED) is 0.209. The zero-order chi connectivity index (χ0) is 21.3. The first-order valence-electron chi connectivity index (χ1n) is 12.4. The molecule has 7 heteroatoms. The van der Waals surface area contributed by atoms with Crippen LogP contribution in [0.1, 0.15) is 57.4 Å². The van der Waals surface area contributed by atoms with Gasteiger partial charge in [0.2, 0.25) is 0 Å². The number of nitrogens with one attached hydrogen (secondary N) is 2. The predicted octanol–water partition coefficient (Wildman–Crippen LogP) is 3.94. The van der Waals surface area contributed by atoms with Gasteiger partial charge in [-0.05, 0) is 57.4 Å². The highest BCUT2D eigenvalue weighted by Gasteiger charge is 2.40. The maximum atomic E-state index is 5.98. The minimum absolute atomic E-state index is 0. The van der Waals surface area contributed by atoms with Gasteiger partial charge < -0.3 is 20.1 Å². The largest absolute Gasteiger partial charge is 0.381 e. The molecule has 3 fully saturated rings. The highest BCUT2D eigenvalue weighted by atomic mass is 127. The van der Waals surface area contributed by atoms with E-state index >= 15 is 0 Å². The Labute approximate surface area is 210 Å². The molecule has 2 unspecified atom stereocenters. The number of hydrogen-bond donors (Lipinski definition) is 2. The van der Waals surface area contributed by atoms with Crippen molar-refractivity contribution in [1.29, 1.82) is 0 Å². The third-order valence-electron chi connectivity index (χ3n) is 6.87. The lowest BCUT2D eigenvalue weighted by Crippen LogP contribution is -2.52. The van der Waals surface area contributed by atoms with Crippen LogP contribution in [0.25, 0.3) is 0 Å². The van der Waals surface area contributed by atoms with Crippen molar-refractivity contribution < 1.29 is 9.47 Å². The van der Waals surface area contributed by atoms with E-state index in [-0.39, 0.29) is 24.0 Å². The summed E-state index contributed by atoms with van der Waals surface area (Å²) in [5, 5.41) is 7.18. The number of fused-ring (bicyclic) bond motifs is 2. The van der Waals surface area contributed by atoms with Crippen LogP contribution < -0.4 is 10.6 Å². The summed E-state index contributed by atoms with van der Waals surface area (Å²) in [5.74, 6) is 0.967. The van der Waals surface area contributed by atoms with Crippen LogP contribution in [0, 0.1) is 0 Å². The van der Waals surface area contributed by atoms with Crippen molar-refractivity contribution in [3.8, 4) is 0 Å². The van der Waals surface area contributed by atoms with Crippen LogP contribution in [0.5, 0.6) is 0 Å². The number of nitrogens with zero attached hydrogens (tertiary/aromatic N) is 2. The van der Waals surface area contributed by atoms with E-state index in [0.717, 1.165) is 64.7 Å². The minimum Gasteiger partial charge on any atom is -0.381 e. The summed E-state index contributed by atoms with van der Waals surface area (Å²) in [6.07, 6.45) is 8.47. The van der Waals surface area contributed by atoms with Crippen LogP contribution in [0.3, 0.4) is 0 Å². The second-order valence-electron chi connectivity index (χ2n) is 9.15. The molecule has 0 aliphatic carbocycles. The van der Waals surface area contributed by atoms with Crippen molar-refractivity contribution in [3.05, 3.63) is 35.9 Å². The van der Waals surface area contributed by atoms with Crippen molar-refractivity contribution >= 4 is 29.9 Å². The van der Waals surface area contributed by atoms with Gasteiger partial charge >= 0.3 is 0 Å². The zero-order valence-electron chi connectivity index (χ0n) is 19.5. The summed E-state index contributed by atoms with van der Waals surface area (Å²) in [6, 6.07) is 12.8. The molecule has 2 bridgehead atoms. The lowest BCUT2D eigenvalue weighted by atomic mass is 9.96. The first-order valence-corrected chi connectivity index (χ1v) is 12.4. The molecule has 4 rings (SSSR count). The first kappa shape index (κ1) is 25.7. The number of ether oxygens (including phenoxy) is 2. The Kier molecular flexibility index (Phi) is 11.0. The van der Waals surface area contributed by atoms with Crippen LogP contribution in [-0.2, 0) is 16.0 Å². The molecular weight excluding hydrogens is 515 g/mol. The van der Waals surface area contributed by atoms with Crippen LogP contribution >= 0.6 is 24.0 Å². The van der Waals surface area contributed by atoms with Crippen molar-refractivity contribution in [2.75, 3.05) is 32.9 Å². The van der Waals surface area contributed by atoms with Gasteiger partial charge in [0, 0.05) is 57.6 Å². The highest BCUT2D eigenvalue weighted by molar-refractivity contribution is 14.0. The number of aliphatic imine (C=N–C) groups is 1. The Morgan fingerprint density at radius 1 is 1.09 bits per heavy atom. The van der Waals surface area contributed by atoms with Crippen molar-refractivity contribution in [1.82, 2.24) is 15.5 Å². The Morgan fingerprint density at radius 3 is 2.50 bits per heavy atom. The van der Waals surface area contributed by atoms with E-state index in [4.69, 9.17) is 14.5 Å². The topological polar surface area (TPSA) is 58.1 Å². The van der Waals surface area contributed by atoms with E-state index in [1.807, 2.05) is 0 Å². The van der Waals surface area contributed by atoms with E-state index < -0.39 is 0 Å². The van der Waals surface area contributed by atoms with Crippen LogP contribution in [0.4, 0.5) is 0 Å². The summed E-state index contributed by atoms with van der Waals surface area (Å²) in [4.78, 5) is 7.56. The fourth-order valence-corrected chi connectivity index (χ4v) is 5.31.